The molecule has 1 unspecified atom stereocenters. The van der Waals surface area contributed by atoms with Crippen LogP contribution in [0.3, 0.4) is 0 Å². The number of rotatable bonds is 5. The fourth-order valence-corrected chi connectivity index (χ4v) is 1.72. The number of nitrogens with two attached hydrogens (primary N) is 1. The van der Waals surface area contributed by atoms with Crippen molar-refractivity contribution in [2.24, 2.45) is 5.92 Å². The average Bonchev–Trinajstić information content (AvgIpc) is 2.20. The first-order valence-electron chi connectivity index (χ1n) is 6.11. The second-order valence-electron chi connectivity index (χ2n) is 5.11. The molecule has 0 aliphatic rings. The van der Waals surface area contributed by atoms with Gasteiger partial charge < -0.3 is 11.1 Å². The average molecular weight is 220 g/mol. The molecular formula is C14H24N2. The minimum Gasteiger partial charge on any atom is -0.397 e. The molecule has 0 saturated carbocycles. The molecule has 0 aliphatic carbocycles. The molecule has 0 aliphatic heterocycles. The van der Waals surface area contributed by atoms with E-state index in [-0.39, 0.29) is 0 Å². The predicted octanol–water partition coefficient (Wildman–Crippen LogP) is 3.81. The van der Waals surface area contributed by atoms with E-state index in [0.717, 1.165) is 17.3 Å². The fourth-order valence-electron chi connectivity index (χ4n) is 1.72. The summed E-state index contributed by atoms with van der Waals surface area (Å²) in [6, 6.07) is 6.60. The van der Waals surface area contributed by atoms with Crippen LogP contribution in [-0.2, 0) is 0 Å². The van der Waals surface area contributed by atoms with Gasteiger partial charge in [0.15, 0.2) is 0 Å². The molecule has 1 rings (SSSR count). The molecule has 2 heteroatoms. The van der Waals surface area contributed by atoms with Crippen molar-refractivity contribution >= 4 is 11.4 Å². The summed E-state index contributed by atoms with van der Waals surface area (Å²) in [4.78, 5) is 0. The Balaban J connectivity index is 2.55. The molecule has 0 radical (unpaired) electrons. The third-order valence-electron chi connectivity index (χ3n) is 2.79. The lowest BCUT2D eigenvalue weighted by Crippen LogP contribution is -2.16. The van der Waals surface area contributed by atoms with Crippen LogP contribution in [0.5, 0.6) is 0 Å². The lowest BCUT2D eigenvalue weighted by molar-refractivity contribution is 0.528. The van der Waals surface area contributed by atoms with Gasteiger partial charge in [-0.15, -0.1) is 0 Å². The van der Waals surface area contributed by atoms with Crippen molar-refractivity contribution in [3.05, 3.63) is 23.8 Å². The zero-order valence-corrected chi connectivity index (χ0v) is 10.9. The minimum atomic E-state index is 0.478. The molecule has 0 bridgehead atoms. The smallest absolute Gasteiger partial charge is 0.0578 e. The van der Waals surface area contributed by atoms with E-state index in [1.165, 1.54) is 18.4 Å². The van der Waals surface area contributed by atoms with E-state index >= 15 is 0 Å². The van der Waals surface area contributed by atoms with Crippen LogP contribution < -0.4 is 11.1 Å². The Morgan fingerprint density at radius 3 is 2.50 bits per heavy atom. The third-order valence-corrected chi connectivity index (χ3v) is 2.79. The summed E-state index contributed by atoms with van der Waals surface area (Å²) >= 11 is 0. The van der Waals surface area contributed by atoms with E-state index in [9.17, 15) is 0 Å². The first kappa shape index (κ1) is 12.9. The standard InChI is InChI=1S/C14H24N2/c1-10(2)5-7-12(4)16-14-9-11(3)6-8-13(14)15/h6,8-10,12,16H,5,7,15H2,1-4H3. The Kier molecular flexibility index (Phi) is 4.66. The van der Waals surface area contributed by atoms with Crippen molar-refractivity contribution in [1.29, 1.82) is 0 Å². The van der Waals surface area contributed by atoms with Gasteiger partial charge in [0.05, 0.1) is 11.4 Å². The van der Waals surface area contributed by atoms with Crippen molar-refractivity contribution in [1.82, 2.24) is 0 Å². The highest BCUT2D eigenvalue weighted by molar-refractivity contribution is 5.67. The van der Waals surface area contributed by atoms with Crippen LogP contribution in [0, 0.1) is 12.8 Å². The van der Waals surface area contributed by atoms with Crippen LogP contribution in [0.2, 0.25) is 0 Å². The highest BCUT2D eigenvalue weighted by Gasteiger charge is 2.06. The Morgan fingerprint density at radius 1 is 1.19 bits per heavy atom. The Hall–Kier alpha value is -1.18. The summed E-state index contributed by atoms with van der Waals surface area (Å²) in [5.41, 5.74) is 9.08. The second-order valence-corrected chi connectivity index (χ2v) is 5.11. The highest BCUT2D eigenvalue weighted by Crippen LogP contribution is 2.21. The molecule has 0 heterocycles. The number of nitrogens with one attached hydrogen (secondary N) is 1. The van der Waals surface area contributed by atoms with Crippen LogP contribution in [0.25, 0.3) is 0 Å². The van der Waals surface area contributed by atoms with Gasteiger partial charge in [-0.2, -0.15) is 0 Å². The first-order chi connectivity index (χ1) is 7.49. The van der Waals surface area contributed by atoms with E-state index in [0.29, 0.717) is 6.04 Å². The van der Waals surface area contributed by atoms with Gasteiger partial charge in [-0.05, 0) is 50.3 Å². The molecule has 1 aromatic rings. The Bertz CT molecular complexity index is 332. The highest BCUT2D eigenvalue weighted by atomic mass is 14.9. The zero-order valence-electron chi connectivity index (χ0n) is 10.9. The van der Waals surface area contributed by atoms with Crippen LogP contribution >= 0.6 is 0 Å². The van der Waals surface area contributed by atoms with Gasteiger partial charge in [0.25, 0.3) is 0 Å². The first-order valence-corrected chi connectivity index (χ1v) is 6.11. The summed E-state index contributed by atoms with van der Waals surface area (Å²) in [7, 11) is 0. The van der Waals surface area contributed by atoms with Crippen molar-refractivity contribution < 1.29 is 0 Å². The summed E-state index contributed by atoms with van der Waals surface area (Å²) in [5.74, 6) is 0.763. The molecule has 16 heavy (non-hydrogen) atoms. The van der Waals surface area contributed by atoms with Gasteiger partial charge in [0, 0.05) is 6.04 Å². The molecule has 1 atom stereocenters. The molecule has 0 fully saturated rings. The summed E-state index contributed by atoms with van der Waals surface area (Å²) in [5, 5.41) is 3.48. The lowest BCUT2D eigenvalue weighted by atomic mass is 10.0. The predicted molar refractivity (Wildman–Crippen MR) is 72.7 cm³/mol. The maximum Gasteiger partial charge on any atom is 0.0578 e. The molecule has 0 aromatic heterocycles. The van der Waals surface area contributed by atoms with Gasteiger partial charge in [0.2, 0.25) is 0 Å². The van der Waals surface area contributed by atoms with Crippen molar-refractivity contribution in [3.63, 3.8) is 0 Å². The topological polar surface area (TPSA) is 38.0 Å². The van der Waals surface area contributed by atoms with E-state index < -0.39 is 0 Å². The SMILES string of the molecule is Cc1ccc(N)c(NC(C)CCC(C)C)c1. The molecule has 0 amide bonds. The molecule has 90 valence electrons. The molecule has 3 N–H and O–H groups in total. The lowest BCUT2D eigenvalue weighted by Gasteiger charge is -2.18. The van der Waals surface area contributed by atoms with E-state index in [1.54, 1.807) is 0 Å². The minimum absolute atomic E-state index is 0.478. The monoisotopic (exact) mass is 220 g/mol. The van der Waals surface area contributed by atoms with Crippen LogP contribution in [0.4, 0.5) is 11.4 Å². The molecule has 1 aromatic carbocycles. The van der Waals surface area contributed by atoms with Gasteiger partial charge in [0.1, 0.15) is 0 Å². The van der Waals surface area contributed by atoms with Crippen LogP contribution in [-0.4, -0.2) is 6.04 Å². The molecule has 2 nitrogen and oxygen atoms in total. The van der Waals surface area contributed by atoms with Crippen LogP contribution in [0.1, 0.15) is 39.2 Å². The van der Waals surface area contributed by atoms with Crippen molar-refractivity contribution in [2.75, 3.05) is 11.1 Å². The number of anilines is 2. The van der Waals surface area contributed by atoms with E-state index in [2.05, 4.69) is 39.1 Å². The number of aryl methyl sites for hydroxylation is 1. The quantitative estimate of drug-likeness (QED) is 0.740. The summed E-state index contributed by atoms with van der Waals surface area (Å²) < 4.78 is 0. The van der Waals surface area contributed by atoms with Gasteiger partial charge in [-0.1, -0.05) is 19.9 Å². The summed E-state index contributed by atoms with van der Waals surface area (Å²) in [6.07, 6.45) is 2.44. The maximum absolute atomic E-state index is 5.93. The number of nitrogen functional groups attached to an aromatic ring is 1. The number of benzene rings is 1. The summed E-state index contributed by atoms with van der Waals surface area (Å²) in [6.45, 7) is 8.81. The largest absolute Gasteiger partial charge is 0.397 e. The van der Waals surface area contributed by atoms with Gasteiger partial charge >= 0.3 is 0 Å². The maximum atomic E-state index is 5.93. The fraction of sp³-hybridized carbons (Fsp3) is 0.571. The molecule has 0 saturated heterocycles. The normalized spacial score (nSPS) is 12.8. The molecule has 0 spiro atoms. The number of hydrogen-bond acceptors (Lipinski definition) is 2. The van der Waals surface area contributed by atoms with E-state index in [1.807, 2.05) is 12.1 Å². The Morgan fingerprint density at radius 2 is 1.88 bits per heavy atom. The van der Waals surface area contributed by atoms with Gasteiger partial charge in [-0.25, -0.2) is 0 Å². The molecular weight excluding hydrogens is 196 g/mol. The van der Waals surface area contributed by atoms with Gasteiger partial charge in [-0.3, -0.25) is 0 Å². The second kappa shape index (κ2) is 5.78. The van der Waals surface area contributed by atoms with E-state index in [4.69, 9.17) is 5.73 Å². The van der Waals surface area contributed by atoms with Crippen molar-refractivity contribution in [3.8, 4) is 0 Å². The zero-order chi connectivity index (χ0) is 12.1. The third kappa shape index (κ3) is 4.13. The van der Waals surface area contributed by atoms with Crippen molar-refractivity contribution in [2.45, 2.75) is 46.6 Å². The number of hydrogen-bond donors (Lipinski definition) is 2. The Labute approximate surface area is 99.2 Å². The van der Waals surface area contributed by atoms with Crippen LogP contribution in [0.15, 0.2) is 18.2 Å².